The Morgan fingerprint density at radius 2 is 2.19 bits per heavy atom. The van der Waals surface area contributed by atoms with Crippen molar-refractivity contribution < 1.29 is 13.2 Å². The summed E-state index contributed by atoms with van der Waals surface area (Å²) in [5, 5.41) is 0. The van der Waals surface area contributed by atoms with Crippen LogP contribution >= 0.6 is 0 Å². The van der Waals surface area contributed by atoms with E-state index in [2.05, 4.69) is 10.4 Å². The van der Waals surface area contributed by atoms with Crippen LogP contribution in [0.3, 0.4) is 0 Å². The zero-order valence-electron chi connectivity index (χ0n) is 11.7. The topological polar surface area (TPSA) is 97.5 Å². The van der Waals surface area contributed by atoms with Crippen LogP contribution in [0.15, 0.2) is 23.2 Å². The number of fused-ring (bicyclic) bond motifs is 1. The third kappa shape index (κ3) is 2.76. The van der Waals surface area contributed by atoms with Crippen molar-refractivity contribution in [3.05, 3.63) is 18.3 Å². The quantitative estimate of drug-likeness (QED) is 0.630. The fourth-order valence-electron chi connectivity index (χ4n) is 3.15. The summed E-state index contributed by atoms with van der Waals surface area (Å²) >= 11 is 0. The highest BCUT2D eigenvalue weighted by Crippen LogP contribution is 2.32. The smallest absolute Gasteiger partial charge is 0.243 e. The largest absolute Gasteiger partial charge is 0.375 e. The van der Waals surface area contributed by atoms with Crippen LogP contribution in [0.2, 0.25) is 0 Å². The van der Waals surface area contributed by atoms with Gasteiger partial charge in [0.2, 0.25) is 10.0 Å². The van der Waals surface area contributed by atoms with Gasteiger partial charge >= 0.3 is 0 Å². The Morgan fingerprint density at radius 1 is 1.38 bits per heavy atom. The number of nitrogen functional groups attached to an aromatic ring is 1. The Morgan fingerprint density at radius 3 is 3.00 bits per heavy atom. The fraction of sp³-hybridized carbons (Fsp3) is 0.615. The molecule has 7 nitrogen and oxygen atoms in total. The molecule has 3 rings (SSSR count). The molecule has 1 aliphatic heterocycles. The molecule has 1 aromatic rings. The van der Waals surface area contributed by atoms with Gasteiger partial charge in [-0.1, -0.05) is 12.8 Å². The maximum atomic E-state index is 12.9. The van der Waals surface area contributed by atoms with Gasteiger partial charge in [0.15, 0.2) is 0 Å². The Kier molecular flexibility index (Phi) is 4.12. The number of rotatable bonds is 3. The second-order valence-electron chi connectivity index (χ2n) is 5.40. The lowest BCUT2D eigenvalue weighted by Crippen LogP contribution is -2.54. The van der Waals surface area contributed by atoms with Crippen molar-refractivity contribution >= 4 is 15.8 Å². The summed E-state index contributed by atoms with van der Waals surface area (Å²) in [5.41, 5.74) is 2.38. The van der Waals surface area contributed by atoms with E-state index in [0.717, 1.165) is 25.7 Å². The molecule has 2 aliphatic rings. The molecule has 2 heterocycles. The average molecular weight is 312 g/mol. The van der Waals surface area contributed by atoms with Crippen LogP contribution in [0.25, 0.3) is 0 Å². The van der Waals surface area contributed by atoms with Crippen LogP contribution in [0.5, 0.6) is 0 Å². The zero-order valence-corrected chi connectivity index (χ0v) is 12.6. The SMILES string of the molecule is NNc1cc(S(=O)(=O)N2CCOC3CCCCC32)ccn1. The molecule has 1 saturated carbocycles. The van der Waals surface area contributed by atoms with Crippen molar-refractivity contribution in [3.8, 4) is 0 Å². The molecule has 2 fully saturated rings. The summed E-state index contributed by atoms with van der Waals surface area (Å²) in [6.07, 6.45) is 5.41. The number of pyridine rings is 1. The molecule has 0 radical (unpaired) electrons. The van der Waals surface area contributed by atoms with E-state index in [1.165, 1.54) is 18.3 Å². The van der Waals surface area contributed by atoms with Crippen molar-refractivity contribution in [2.75, 3.05) is 18.6 Å². The zero-order chi connectivity index (χ0) is 14.9. The molecule has 0 amide bonds. The van der Waals surface area contributed by atoms with Gasteiger partial charge in [0.1, 0.15) is 5.82 Å². The summed E-state index contributed by atoms with van der Waals surface area (Å²) < 4.78 is 33.1. The van der Waals surface area contributed by atoms with Crippen molar-refractivity contribution in [1.82, 2.24) is 9.29 Å². The van der Waals surface area contributed by atoms with Crippen LogP contribution < -0.4 is 11.3 Å². The van der Waals surface area contributed by atoms with Crippen molar-refractivity contribution in [3.63, 3.8) is 0 Å². The van der Waals surface area contributed by atoms with Crippen LogP contribution in [0, 0.1) is 0 Å². The van der Waals surface area contributed by atoms with E-state index < -0.39 is 10.0 Å². The number of hydrogen-bond donors (Lipinski definition) is 2. The molecule has 1 aliphatic carbocycles. The summed E-state index contributed by atoms with van der Waals surface area (Å²) in [4.78, 5) is 4.17. The van der Waals surface area contributed by atoms with Crippen molar-refractivity contribution in [2.24, 2.45) is 5.84 Å². The van der Waals surface area contributed by atoms with Gasteiger partial charge in [-0.3, -0.25) is 0 Å². The minimum absolute atomic E-state index is 0.0243. The minimum atomic E-state index is -3.55. The summed E-state index contributed by atoms with van der Waals surface area (Å²) in [7, 11) is -3.55. The van der Waals surface area contributed by atoms with Gasteiger partial charge in [-0.15, -0.1) is 0 Å². The van der Waals surface area contributed by atoms with Gasteiger partial charge in [0.05, 0.1) is 23.6 Å². The highest BCUT2D eigenvalue weighted by molar-refractivity contribution is 7.89. The molecule has 8 heteroatoms. The van der Waals surface area contributed by atoms with E-state index in [4.69, 9.17) is 10.6 Å². The number of hydrogen-bond acceptors (Lipinski definition) is 6. The summed E-state index contributed by atoms with van der Waals surface area (Å²) in [6.45, 7) is 0.852. The predicted molar refractivity (Wildman–Crippen MR) is 77.9 cm³/mol. The van der Waals surface area contributed by atoms with E-state index in [1.807, 2.05) is 0 Å². The Hall–Kier alpha value is -1.22. The van der Waals surface area contributed by atoms with Crippen LogP contribution in [-0.2, 0) is 14.8 Å². The highest BCUT2D eigenvalue weighted by Gasteiger charge is 2.40. The number of ether oxygens (including phenoxy) is 1. The molecule has 3 N–H and O–H groups in total. The number of aromatic nitrogens is 1. The first-order valence-corrected chi connectivity index (χ1v) is 8.63. The van der Waals surface area contributed by atoms with Gasteiger partial charge in [-0.2, -0.15) is 4.31 Å². The lowest BCUT2D eigenvalue weighted by atomic mass is 9.91. The van der Waals surface area contributed by atoms with E-state index >= 15 is 0 Å². The molecule has 1 saturated heterocycles. The van der Waals surface area contributed by atoms with Crippen LogP contribution in [0.1, 0.15) is 25.7 Å². The number of nitrogens with two attached hydrogens (primary N) is 1. The van der Waals surface area contributed by atoms with Gasteiger partial charge in [-0.25, -0.2) is 19.2 Å². The molecule has 2 atom stereocenters. The van der Waals surface area contributed by atoms with Crippen LogP contribution in [-0.4, -0.2) is 43.0 Å². The molecule has 0 spiro atoms. The molecular formula is C13H20N4O3S. The second kappa shape index (κ2) is 5.88. The van der Waals surface area contributed by atoms with E-state index in [0.29, 0.717) is 19.0 Å². The first kappa shape index (κ1) is 14.7. The van der Waals surface area contributed by atoms with Gasteiger partial charge in [-0.05, 0) is 18.9 Å². The number of hydrazine groups is 1. The van der Waals surface area contributed by atoms with Gasteiger partial charge < -0.3 is 10.2 Å². The maximum Gasteiger partial charge on any atom is 0.243 e. The van der Waals surface area contributed by atoms with Crippen LogP contribution in [0.4, 0.5) is 5.82 Å². The lowest BCUT2D eigenvalue weighted by molar-refractivity contribution is -0.0586. The van der Waals surface area contributed by atoms with Crippen molar-refractivity contribution in [1.29, 1.82) is 0 Å². The molecular weight excluding hydrogens is 292 g/mol. The normalized spacial score (nSPS) is 27.1. The van der Waals surface area contributed by atoms with Gasteiger partial charge in [0, 0.05) is 18.8 Å². The lowest BCUT2D eigenvalue weighted by Gasteiger charge is -2.42. The standard InChI is InChI=1S/C13H20N4O3S/c14-16-13-9-10(5-6-15-13)21(18,19)17-7-8-20-12-4-2-1-3-11(12)17/h5-6,9,11-12H,1-4,7-8,14H2,(H,15,16). The second-order valence-corrected chi connectivity index (χ2v) is 7.29. The minimum Gasteiger partial charge on any atom is -0.375 e. The number of sulfonamides is 1. The number of anilines is 1. The maximum absolute atomic E-state index is 12.9. The number of morpholine rings is 1. The third-order valence-corrected chi connectivity index (χ3v) is 6.09. The Balaban J connectivity index is 1.92. The third-order valence-electron chi connectivity index (χ3n) is 4.17. The van der Waals surface area contributed by atoms with E-state index in [1.54, 1.807) is 4.31 Å². The first-order valence-electron chi connectivity index (χ1n) is 7.19. The Labute approximate surface area is 124 Å². The molecule has 21 heavy (non-hydrogen) atoms. The number of nitrogens with one attached hydrogen (secondary N) is 1. The predicted octanol–water partition coefficient (Wildman–Crippen LogP) is 0.699. The molecule has 1 aromatic heterocycles. The monoisotopic (exact) mass is 312 g/mol. The molecule has 0 aromatic carbocycles. The van der Waals surface area contributed by atoms with E-state index in [-0.39, 0.29) is 17.0 Å². The number of nitrogens with zero attached hydrogens (tertiary/aromatic N) is 2. The average Bonchev–Trinajstić information content (AvgIpc) is 2.54. The molecule has 2 unspecified atom stereocenters. The van der Waals surface area contributed by atoms with E-state index in [9.17, 15) is 8.42 Å². The molecule has 0 bridgehead atoms. The van der Waals surface area contributed by atoms with Gasteiger partial charge in [0.25, 0.3) is 0 Å². The first-order chi connectivity index (χ1) is 10.1. The highest BCUT2D eigenvalue weighted by atomic mass is 32.2. The molecule has 116 valence electrons. The van der Waals surface area contributed by atoms with Crippen molar-refractivity contribution in [2.45, 2.75) is 42.7 Å². The Bertz CT molecular complexity index is 605. The summed E-state index contributed by atoms with van der Waals surface area (Å²) in [5.74, 6) is 5.64. The fourth-order valence-corrected chi connectivity index (χ4v) is 4.82. The summed E-state index contributed by atoms with van der Waals surface area (Å²) in [6, 6.07) is 2.91.